The van der Waals surface area contributed by atoms with Crippen LogP contribution in [0.25, 0.3) is 17.0 Å². The van der Waals surface area contributed by atoms with E-state index in [0.29, 0.717) is 10.4 Å². The molecule has 6 nitrogen and oxygen atoms in total. The zero-order valence-electron chi connectivity index (χ0n) is 18.5. The summed E-state index contributed by atoms with van der Waals surface area (Å²) < 4.78 is 42.0. The van der Waals surface area contributed by atoms with Gasteiger partial charge < -0.3 is 10.2 Å². The molecule has 1 saturated heterocycles. The van der Waals surface area contributed by atoms with E-state index in [-0.39, 0.29) is 23.0 Å². The van der Waals surface area contributed by atoms with Gasteiger partial charge in [0, 0.05) is 30.0 Å². The number of aliphatic imine (C=N–C) groups is 1. The molecule has 182 valence electrons. The van der Waals surface area contributed by atoms with Gasteiger partial charge in [-0.1, -0.05) is 23.7 Å². The van der Waals surface area contributed by atoms with Crippen molar-refractivity contribution in [2.75, 3.05) is 26.2 Å². The van der Waals surface area contributed by atoms with E-state index in [0.717, 1.165) is 54.8 Å². The highest BCUT2D eigenvalue weighted by molar-refractivity contribution is 8.18. The van der Waals surface area contributed by atoms with Crippen LogP contribution in [-0.4, -0.2) is 51.9 Å². The van der Waals surface area contributed by atoms with Crippen LogP contribution < -0.4 is 5.32 Å². The van der Waals surface area contributed by atoms with Crippen molar-refractivity contribution in [3.63, 3.8) is 0 Å². The first kappa shape index (κ1) is 23.9. The normalized spacial score (nSPS) is 18.4. The number of halogens is 4. The third-order valence-corrected chi connectivity index (χ3v) is 7.16. The molecule has 1 aromatic heterocycles. The van der Waals surface area contributed by atoms with Crippen LogP contribution in [0.1, 0.15) is 23.1 Å². The summed E-state index contributed by atoms with van der Waals surface area (Å²) in [4.78, 5) is 19.4. The molecule has 0 spiro atoms. The molecule has 1 N–H and O–H groups in total. The molecule has 3 aromatic rings. The van der Waals surface area contributed by atoms with E-state index < -0.39 is 11.7 Å². The number of benzene rings is 2. The number of hydrogen-bond donors (Lipinski definition) is 1. The monoisotopic (exact) mass is 519 g/mol. The Morgan fingerprint density at radius 1 is 1.14 bits per heavy atom. The van der Waals surface area contributed by atoms with Crippen LogP contribution in [0.2, 0.25) is 5.02 Å². The van der Waals surface area contributed by atoms with Crippen molar-refractivity contribution in [1.29, 1.82) is 0 Å². The summed E-state index contributed by atoms with van der Waals surface area (Å²) in [6, 6.07) is 9.23. The maximum absolute atomic E-state index is 13.5. The van der Waals surface area contributed by atoms with E-state index in [1.807, 2.05) is 12.1 Å². The van der Waals surface area contributed by atoms with Gasteiger partial charge in [0.15, 0.2) is 5.17 Å². The molecule has 0 saturated carbocycles. The van der Waals surface area contributed by atoms with Crippen LogP contribution in [0.4, 0.5) is 13.2 Å². The Hall–Kier alpha value is -2.82. The Morgan fingerprint density at radius 2 is 2.00 bits per heavy atom. The van der Waals surface area contributed by atoms with Gasteiger partial charge >= 0.3 is 6.18 Å². The van der Waals surface area contributed by atoms with Crippen LogP contribution in [0.5, 0.6) is 0 Å². The lowest BCUT2D eigenvalue weighted by atomic mass is 10.1. The zero-order chi connectivity index (χ0) is 24.6. The number of nitrogens with zero attached hydrogens (tertiary/aromatic N) is 4. The lowest BCUT2D eigenvalue weighted by molar-refractivity contribution is -0.138. The van der Waals surface area contributed by atoms with Crippen LogP contribution in [0, 0.1) is 0 Å². The molecule has 1 fully saturated rings. The molecule has 1 amide bonds. The van der Waals surface area contributed by atoms with Crippen LogP contribution in [0.15, 0.2) is 52.5 Å². The predicted molar refractivity (Wildman–Crippen MR) is 132 cm³/mol. The van der Waals surface area contributed by atoms with Gasteiger partial charge in [-0.15, -0.1) is 0 Å². The van der Waals surface area contributed by atoms with E-state index >= 15 is 0 Å². The number of alkyl halides is 3. The standard InChI is InChI=1S/C24H21ClF3N5OS/c25-18-4-3-16(19(12-18)24(26,27)28)14-33-20-5-2-15(10-17(20)13-30-33)11-21-22(34)31-23(35-21)32-8-1-6-29-7-9-32/h2-5,10-13,29H,1,6-9,14H2/b21-11-. The Labute approximate surface area is 208 Å². The molecule has 11 heteroatoms. The molecule has 0 radical (unpaired) electrons. The fraction of sp³-hybridized carbons (Fsp3) is 0.292. The Balaban J connectivity index is 1.36. The summed E-state index contributed by atoms with van der Waals surface area (Å²) in [5.74, 6) is -0.264. The number of thioether (sulfide) groups is 1. The van der Waals surface area contributed by atoms with E-state index in [1.165, 1.54) is 28.6 Å². The topological polar surface area (TPSA) is 62.5 Å². The average Bonchev–Trinajstić information content (AvgIpc) is 3.25. The smallest absolute Gasteiger partial charge is 0.349 e. The molecule has 0 bridgehead atoms. The average molecular weight is 520 g/mol. The van der Waals surface area contributed by atoms with Crippen molar-refractivity contribution >= 4 is 51.4 Å². The van der Waals surface area contributed by atoms with Gasteiger partial charge in [-0.2, -0.15) is 23.3 Å². The lowest BCUT2D eigenvalue weighted by Gasteiger charge is -2.20. The van der Waals surface area contributed by atoms with Crippen LogP contribution in [-0.2, 0) is 17.5 Å². The van der Waals surface area contributed by atoms with Gasteiger partial charge in [0.05, 0.1) is 28.7 Å². The molecule has 0 unspecified atom stereocenters. The van der Waals surface area contributed by atoms with Crippen molar-refractivity contribution in [1.82, 2.24) is 20.0 Å². The minimum Gasteiger partial charge on any atom is -0.349 e. The van der Waals surface area contributed by atoms with Crippen molar-refractivity contribution < 1.29 is 18.0 Å². The van der Waals surface area contributed by atoms with Crippen LogP contribution >= 0.6 is 23.4 Å². The molecule has 2 aromatic carbocycles. The quantitative estimate of drug-likeness (QED) is 0.492. The Bertz CT molecular complexity index is 1340. The second-order valence-electron chi connectivity index (χ2n) is 8.32. The summed E-state index contributed by atoms with van der Waals surface area (Å²) in [6.07, 6.45) is -0.125. The van der Waals surface area contributed by atoms with Crippen molar-refractivity contribution in [3.05, 3.63) is 69.2 Å². The number of fused-ring (bicyclic) bond motifs is 1. The van der Waals surface area contributed by atoms with Gasteiger partial charge in [0.2, 0.25) is 0 Å². The third-order valence-electron chi connectivity index (χ3n) is 5.88. The summed E-state index contributed by atoms with van der Waals surface area (Å²) in [7, 11) is 0. The minimum atomic E-state index is -4.52. The van der Waals surface area contributed by atoms with Gasteiger partial charge in [-0.3, -0.25) is 9.48 Å². The molecule has 5 rings (SSSR count). The fourth-order valence-electron chi connectivity index (χ4n) is 4.15. The minimum absolute atomic E-state index is 0.0306. The molecule has 0 aliphatic carbocycles. The van der Waals surface area contributed by atoms with Gasteiger partial charge in [0.1, 0.15) is 0 Å². The number of nitrogens with one attached hydrogen (secondary N) is 1. The number of amides is 1. The summed E-state index contributed by atoms with van der Waals surface area (Å²) in [5, 5.41) is 9.15. The van der Waals surface area contributed by atoms with Crippen LogP contribution in [0.3, 0.4) is 0 Å². The maximum atomic E-state index is 13.5. The first-order chi connectivity index (χ1) is 16.8. The third kappa shape index (κ3) is 5.24. The fourth-order valence-corrected chi connectivity index (χ4v) is 5.29. The second kappa shape index (κ2) is 9.67. The highest BCUT2D eigenvalue weighted by atomic mass is 35.5. The molecule has 3 heterocycles. The number of rotatable bonds is 3. The van der Waals surface area contributed by atoms with E-state index in [4.69, 9.17) is 11.6 Å². The molecule has 35 heavy (non-hydrogen) atoms. The predicted octanol–water partition coefficient (Wildman–Crippen LogP) is 5.02. The lowest BCUT2D eigenvalue weighted by Crippen LogP contribution is -2.31. The highest BCUT2D eigenvalue weighted by Crippen LogP contribution is 2.35. The van der Waals surface area contributed by atoms with E-state index in [2.05, 4.69) is 20.3 Å². The van der Waals surface area contributed by atoms with Gasteiger partial charge in [0.25, 0.3) is 5.91 Å². The Kier molecular flexibility index (Phi) is 6.61. The molecule has 2 aliphatic heterocycles. The number of amidine groups is 1. The number of carbonyl (C=O) groups is 1. The zero-order valence-corrected chi connectivity index (χ0v) is 20.1. The van der Waals surface area contributed by atoms with Crippen molar-refractivity contribution in [2.45, 2.75) is 19.1 Å². The van der Waals surface area contributed by atoms with Crippen molar-refractivity contribution in [2.24, 2.45) is 4.99 Å². The van der Waals surface area contributed by atoms with E-state index in [1.54, 1.807) is 18.3 Å². The second-order valence-corrected chi connectivity index (χ2v) is 9.77. The number of hydrogen-bond acceptors (Lipinski definition) is 5. The molecule has 0 atom stereocenters. The Morgan fingerprint density at radius 3 is 2.83 bits per heavy atom. The van der Waals surface area contributed by atoms with E-state index in [9.17, 15) is 18.0 Å². The summed E-state index contributed by atoms with van der Waals surface area (Å²) in [6.45, 7) is 3.42. The summed E-state index contributed by atoms with van der Waals surface area (Å²) in [5.41, 5.74) is 0.793. The number of aromatic nitrogens is 2. The maximum Gasteiger partial charge on any atom is 0.416 e. The first-order valence-electron chi connectivity index (χ1n) is 11.1. The van der Waals surface area contributed by atoms with Gasteiger partial charge in [-0.25, -0.2) is 0 Å². The summed E-state index contributed by atoms with van der Waals surface area (Å²) >= 11 is 7.16. The molecular weight excluding hydrogens is 499 g/mol. The molecule has 2 aliphatic rings. The molecular formula is C24H21ClF3N5OS. The van der Waals surface area contributed by atoms with Gasteiger partial charge in [-0.05, 0) is 66.2 Å². The van der Waals surface area contributed by atoms with Crippen molar-refractivity contribution in [3.8, 4) is 0 Å². The highest BCUT2D eigenvalue weighted by Gasteiger charge is 2.33. The largest absolute Gasteiger partial charge is 0.416 e. The first-order valence-corrected chi connectivity index (χ1v) is 12.3. The number of carbonyl (C=O) groups excluding carboxylic acids is 1. The SMILES string of the molecule is O=C1N=C(N2CCCNCC2)S/C1=C\c1ccc2c(cnn2Cc2ccc(Cl)cc2C(F)(F)F)c1.